The molecule has 5 nitrogen and oxygen atoms in total. The molecule has 0 spiro atoms. The van der Waals surface area contributed by atoms with Crippen molar-refractivity contribution in [3.8, 4) is 11.3 Å². The number of hydrogen-bond acceptors (Lipinski definition) is 4. The van der Waals surface area contributed by atoms with Crippen molar-refractivity contribution in [1.29, 1.82) is 0 Å². The van der Waals surface area contributed by atoms with Gasteiger partial charge in [0.05, 0.1) is 23.9 Å². The number of imidazole rings is 1. The van der Waals surface area contributed by atoms with Gasteiger partial charge in [0.15, 0.2) is 4.96 Å². The Morgan fingerprint density at radius 3 is 3.14 bits per heavy atom. The second-order valence-corrected chi connectivity index (χ2v) is 6.19. The summed E-state index contributed by atoms with van der Waals surface area (Å²) in [4.78, 5) is 17.9. The minimum atomic E-state index is -0.0569. The van der Waals surface area contributed by atoms with E-state index in [-0.39, 0.29) is 11.8 Å². The van der Waals surface area contributed by atoms with Gasteiger partial charge >= 0.3 is 0 Å². The molecule has 3 heterocycles. The summed E-state index contributed by atoms with van der Waals surface area (Å²) in [6.45, 7) is 1.17. The highest BCUT2D eigenvalue weighted by atomic mass is 32.1. The number of aromatic nitrogens is 2. The lowest BCUT2D eigenvalue weighted by Crippen LogP contribution is -2.23. The summed E-state index contributed by atoms with van der Waals surface area (Å²) in [5, 5.41) is 5.02. The maximum Gasteiger partial charge on any atom is 0.229 e. The molecule has 112 valence electrons. The second kappa shape index (κ2) is 5.55. The topological polar surface area (TPSA) is 55.6 Å². The van der Waals surface area contributed by atoms with Gasteiger partial charge in [-0.15, -0.1) is 11.3 Å². The molecule has 1 saturated heterocycles. The zero-order chi connectivity index (χ0) is 14.9. The fourth-order valence-electron chi connectivity index (χ4n) is 2.65. The number of rotatable bonds is 3. The molecule has 0 unspecified atom stereocenters. The van der Waals surface area contributed by atoms with Crippen LogP contribution in [-0.4, -0.2) is 28.5 Å². The van der Waals surface area contributed by atoms with Gasteiger partial charge in [-0.25, -0.2) is 4.98 Å². The van der Waals surface area contributed by atoms with E-state index in [0.717, 1.165) is 28.3 Å². The van der Waals surface area contributed by atoms with Crippen LogP contribution in [0.3, 0.4) is 0 Å². The van der Waals surface area contributed by atoms with Crippen molar-refractivity contribution in [2.75, 3.05) is 18.5 Å². The molecule has 0 saturated carbocycles. The quantitative estimate of drug-likeness (QED) is 0.808. The van der Waals surface area contributed by atoms with Crippen LogP contribution in [0.1, 0.15) is 6.42 Å². The van der Waals surface area contributed by atoms with E-state index in [9.17, 15) is 4.79 Å². The molecule has 1 aliphatic rings. The Balaban J connectivity index is 1.65. The predicted octanol–water partition coefficient (Wildman–Crippen LogP) is 3.04. The Morgan fingerprint density at radius 2 is 2.32 bits per heavy atom. The summed E-state index contributed by atoms with van der Waals surface area (Å²) in [6.07, 6.45) is 4.75. The first kappa shape index (κ1) is 13.5. The molecule has 1 aromatic carbocycles. The Bertz CT molecular complexity index is 789. The van der Waals surface area contributed by atoms with Crippen LogP contribution >= 0.6 is 11.3 Å². The van der Waals surface area contributed by atoms with Crippen molar-refractivity contribution in [2.24, 2.45) is 5.92 Å². The lowest BCUT2D eigenvalue weighted by atomic mass is 10.1. The fraction of sp³-hybridized carbons (Fsp3) is 0.250. The molecule has 1 N–H and O–H groups in total. The number of hydrogen-bond donors (Lipinski definition) is 1. The van der Waals surface area contributed by atoms with Gasteiger partial charge in [-0.05, 0) is 12.5 Å². The van der Waals surface area contributed by atoms with Gasteiger partial charge in [0.25, 0.3) is 0 Å². The summed E-state index contributed by atoms with van der Waals surface area (Å²) in [5.74, 6) is -0.0375. The molecule has 1 amide bonds. The maximum absolute atomic E-state index is 12.3. The third-order valence-corrected chi connectivity index (χ3v) is 4.63. The van der Waals surface area contributed by atoms with E-state index < -0.39 is 0 Å². The zero-order valence-electron chi connectivity index (χ0n) is 11.9. The average molecular weight is 313 g/mol. The summed E-state index contributed by atoms with van der Waals surface area (Å²) in [5.41, 5.74) is 2.60. The van der Waals surface area contributed by atoms with Crippen LogP contribution in [0.2, 0.25) is 0 Å². The summed E-state index contributed by atoms with van der Waals surface area (Å²) >= 11 is 1.59. The van der Waals surface area contributed by atoms with E-state index in [2.05, 4.69) is 10.3 Å². The minimum absolute atomic E-state index is 0.0194. The van der Waals surface area contributed by atoms with Crippen LogP contribution < -0.4 is 5.32 Å². The van der Waals surface area contributed by atoms with E-state index in [0.29, 0.717) is 13.2 Å². The van der Waals surface area contributed by atoms with E-state index in [1.165, 1.54) is 0 Å². The molecule has 22 heavy (non-hydrogen) atoms. The Kier molecular flexibility index (Phi) is 3.40. The lowest BCUT2D eigenvalue weighted by Gasteiger charge is -2.12. The molecule has 1 atom stereocenters. The number of ether oxygens (including phenoxy) is 1. The van der Waals surface area contributed by atoms with Gasteiger partial charge in [0.2, 0.25) is 5.91 Å². The van der Waals surface area contributed by atoms with Gasteiger partial charge in [-0.3, -0.25) is 9.20 Å². The Morgan fingerprint density at radius 1 is 1.41 bits per heavy atom. The van der Waals surface area contributed by atoms with Crippen molar-refractivity contribution in [2.45, 2.75) is 6.42 Å². The molecule has 1 fully saturated rings. The number of fused-ring (bicyclic) bond motifs is 1. The predicted molar refractivity (Wildman–Crippen MR) is 86.1 cm³/mol. The number of nitrogens with one attached hydrogen (secondary N) is 1. The minimum Gasteiger partial charge on any atom is -0.381 e. The zero-order valence-corrected chi connectivity index (χ0v) is 12.7. The molecule has 4 rings (SSSR count). The van der Waals surface area contributed by atoms with Gasteiger partial charge in [-0.1, -0.05) is 18.2 Å². The second-order valence-electron chi connectivity index (χ2n) is 5.31. The van der Waals surface area contributed by atoms with E-state index in [4.69, 9.17) is 4.74 Å². The Labute approximate surface area is 131 Å². The number of thiazole rings is 1. The monoisotopic (exact) mass is 313 g/mol. The van der Waals surface area contributed by atoms with Crippen molar-refractivity contribution < 1.29 is 9.53 Å². The highest BCUT2D eigenvalue weighted by molar-refractivity contribution is 7.15. The van der Waals surface area contributed by atoms with Crippen LogP contribution in [0.15, 0.2) is 42.0 Å². The lowest BCUT2D eigenvalue weighted by molar-refractivity contribution is -0.119. The smallest absolute Gasteiger partial charge is 0.229 e. The van der Waals surface area contributed by atoms with Crippen LogP contribution in [0.25, 0.3) is 16.2 Å². The summed E-state index contributed by atoms with van der Waals surface area (Å²) < 4.78 is 7.27. The number of carbonyl (C=O) groups is 1. The van der Waals surface area contributed by atoms with Crippen LogP contribution in [-0.2, 0) is 9.53 Å². The van der Waals surface area contributed by atoms with Crippen molar-refractivity contribution >= 4 is 27.9 Å². The molecule has 3 aromatic rings. The van der Waals surface area contributed by atoms with Crippen LogP contribution in [0.5, 0.6) is 0 Å². The average Bonchev–Trinajstić information content (AvgIpc) is 3.24. The first-order chi connectivity index (χ1) is 10.8. The first-order valence-corrected chi connectivity index (χ1v) is 8.09. The molecule has 0 aliphatic carbocycles. The molecule has 1 aliphatic heterocycles. The first-order valence-electron chi connectivity index (χ1n) is 7.21. The summed E-state index contributed by atoms with van der Waals surface area (Å²) in [7, 11) is 0. The molecule has 2 aromatic heterocycles. The number of amides is 1. The third-order valence-electron chi connectivity index (χ3n) is 3.85. The molecular formula is C16H15N3O2S. The standard InChI is InChI=1S/C16H15N3O2S/c20-15(11-5-7-21-10-11)17-13-4-2-1-3-12(13)14-9-19-6-8-22-16(19)18-14/h1-4,6,8-9,11H,5,7,10H2,(H,17,20)/t11-/m1/s1. The molecular weight excluding hydrogens is 298 g/mol. The van der Waals surface area contributed by atoms with E-state index >= 15 is 0 Å². The normalized spacial score (nSPS) is 17.9. The van der Waals surface area contributed by atoms with Gasteiger partial charge < -0.3 is 10.1 Å². The highest BCUT2D eigenvalue weighted by Gasteiger charge is 2.24. The van der Waals surface area contributed by atoms with Crippen LogP contribution in [0.4, 0.5) is 5.69 Å². The molecule has 6 heteroatoms. The number of carbonyl (C=O) groups excluding carboxylic acids is 1. The molecule has 0 bridgehead atoms. The van der Waals surface area contributed by atoms with E-state index in [1.54, 1.807) is 11.3 Å². The van der Waals surface area contributed by atoms with Gasteiger partial charge in [0, 0.05) is 29.9 Å². The van der Waals surface area contributed by atoms with E-state index in [1.807, 2.05) is 46.4 Å². The number of anilines is 1. The Hall–Kier alpha value is -2.18. The van der Waals surface area contributed by atoms with Gasteiger partial charge in [0.1, 0.15) is 0 Å². The van der Waals surface area contributed by atoms with Crippen LogP contribution in [0, 0.1) is 5.92 Å². The molecule has 0 radical (unpaired) electrons. The van der Waals surface area contributed by atoms with Crippen molar-refractivity contribution in [1.82, 2.24) is 9.38 Å². The summed E-state index contributed by atoms with van der Waals surface area (Å²) in [6, 6.07) is 7.77. The maximum atomic E-state index is 12.3. The number of para-hydroxylation sites is 1. The SMILES string of the molecule is O=C(Nc1ccccc1-c1cn2ccsc2n1)[C@@H]1CCOC1. The van der Waals surface area contributed by atoms with Crippen molar-refractivity contribution in [3.05, 3.63) is 42.0 Å². The fourth-order valence-corrected chi connectivity index (χ4v) is 3.35. The third kappa shape index (κ3) is 2.40. The van der Waals surface area contributed by atoms with Crippen molar-refractivity contribution in [3.63, 3.8) is 0 Å². The number of nitrogens with zero attached hydrogens (tertiary/aromatic N) is 2. The largest absolute Gasteiger partial charge is 0.381 e. The highest BCUT2D eigenvalue weighted by Crippen LogP contribution is 2.29. The van der Waals surface area contributed by atoms with Gasteiger partial charge in [-0.2, -0.15) is 0 Å². The number of benzene rings is 1.